The van der Waals surface area contributed by atoms with Gasteiger partial charge >= 0.3 is 0 Å². The molecule has 0 spiro atoms. The molecule has 5 rings (SSSR count). The number of nitrogens with one attached hydrogen (secondary N) is 1. The summed E-state index contributed by atoms with van der Waals surface area (Å²) in [5, 5.41) is 0. The van der Waals surface area contributed by atoms with Gasteiger partial charge in [-0.05, 0) is 38.5 Å². The summed E-state index contributed by atoms with van der Waals surface area (Å²) in [5.41, 5.74) is 1.85. The van der Waals surface area contributed by atoms with E-state index in [4.69, 9.17) is 9.72 Å². The third kappa shape index (κ3) is 3.87. The second-order valence-corrected chi connectivity index (χ2v) is 9.16. The second-order valence-electron chi connectivity index (χ2n) is 9.16. The van der Waals surface area contributed by atoms with Gasteiger partial charge in [-0.2, -0.15) is 0 Å². The van der Waals surface area contributed by atoms with Crippen LogP contribution in [0, 0.1) is 0 Å². The largest absolute Gasteiger partial charge is 0.368 e. The third-order valence-electron chi connectivity index (χ3n) is 7.30. The number of likely N-dealkylation sites (tertiary alicyclic amines) is 1. The number of hydrogen-bond donors (Lipinski definition) is 1. The molecule has 0 radical (unpaired) electrons. The Morgan fingerprint density at radius 3 is 2.72 bits per heavy atom. The van der Waals surface area contributed by atoms with Crippen LogP contribution in [0.1, 0.15) is 74.4 Å². The number of H-pyrrole nitrogens is 1. The zero-order chi connectivity index (χ0) is 19.8. The summed E-state index contributed by atoms with van der Waals surface area (Å²) < 4.78 is 5.56. The number of fused-ring (bicyclic) bond motifs is 1. The van der Waals surface area contributed by atoms with Gasteiger partial charge in [0.1, 0.15) is 11.9 Å². The molecular weight excluding hydrogens is 368 g/mol. The smallest absolute Gasteiger partial charge is 0.254 e. The van der Waals surface area contributed by atoms with Gasteiger partial charge in [-0.15, -0.1) is 0 Å². The predicted octanol–water partition coefficient (Wildman–Crippen LogP) is 1.96. The zero-order valence-electron chi connectivity index (χ0n) is 17.2. The third-order valence-corrected chi connectivity index (χ3v) is 7.30. The summed E-state index contributed by atoms with van der Waals surface area (Å²) in [7, 11) is 0. The SMILES string of the molecule is O=C(C1CCCO1)N1CCC(c2nc3c(c(=O)[nH]2)CCN(C2CCCCC2)C3)C1. The number of ether oxygens (including phenoxy) is 1. The van der Waals surface area contributed by atoms with Crippen molar-refractivity contribution in [1.82, 2.24) is 19.8 Å². The van der Waals surface area contributed by atoms with E-state index in [1.54, 1.807) is 0 Å². The van der Waals surface area contributed by atoms with Crippen LogP contribution < -0.4 is 5.56 Å². The van der Waals surface area contributed by atoms with Gasteiger partial charge in [0, 0.05) is 50.3 Å². The van der Waals surface area contributed by atoms with Crippen LogP contribution in [0.25, 0.3) is 0 Å². The van der Waals surface area contributed by atoms with Crippen LogP contribution in [0.15, 0.2) is 4.79 Å². The lowest BCUT2D eigenvalue weighted by molar-refractivity contribution is -0.139. The van der Waals surface area contributed by atoms with Crippen molar-refractivity contribution in [3.05, 3.63) is 27.4 Å². The van der Waals surface area contributed by atoms with Gasteiger partial charge in [0.2, 0.25) is 0 Å². The zero-order valence-corrected chi connectivity index (χ0v) is 17.2. The second kappa shape index (κ2) is 8.19. The van der Waals surface area contributed by atoms with E-state index in [9.17, 15) is 9.59 Å². The molecule has 1 aromatic heterocycles. The molecule has 158 valence electrons. The van der Waals surface area contributed by atoms with Crippen LogP contribution in [-0.2, 0) is 22.5 Å². The highest BCUT2D eigenvalue weighted by molar-refractivity contribution is 5.81. The lowest BCUT2D eigenvalue weighted by atomic mass is 9.92. The summed E-state index contributed by atoms with van der Waals surface area (Å²) in [4.78, 5) is 37.8. The van der Waals surface area contributed by atoms with Gasteiger partial charge in [-0.3, -0.25) is 14.5 Å². The Labute approximate surface area is 171 Å². The highest BCUT2D eigenvalue weighted by atomic mass is 16.5. The number of nitrogens with zero attached hydrogens (tertiary/aromatic N) is 3. The summed E-state index contributed by atoms with van der Waals surface area (Å²) in [6.45, 7) is 3.80. The van der Waals surface area contributed by atoms with Gasteiger partial charge in [0.15, 0.2) is 0 Å². The molecule has 2 saturated heterocycles. The molecule has 1 N–H and O–H groups in total. The molecule has 1 aliphatic carbocycles. The first-order valence-electron chi connectivity index (χ1n) is 11.5. The number of aromatic nitrogens is 2. The Hall–Kier alpha value is -1.73. The molecule has 7 heteroatoms. The van der Waals surface area contributed by atoms with E-state index >= 15 is 0 Å². The quantitative estimate of drug-likeness (QED) is 0.839. The topological polar surface area (TPSA) is 78.5 Å². The summed E-state index contributed by atoms with van der Waals surface area (Å²) in [5.74, 6) is 0.985. The molecule has 4 aliphatic rings. The predicted molar refractivity (Wildman–Crippen MR) is 109 cm³/mol. The molecule has 3 aliphatic heterocycles. The number of carbonyl (C=O) groups is 1. The maximum Gasteiger partial charge on any atom is 0.254 e. The molecule has 4 heterocycles. The summed E-state index contributed by atoms with van der Waals surface area (Å²) in [6, 6.07) is 0.646. The van der Waals surface area contributed by atoms with E-state index in [2.05, 4.69) is 9.88 Å². The van der Waals surface area contributed by atoms with Gasteiger partial charge in [0.05, 0.1) is 5.69 Å². The fourth-order valence-electron chi connectivity index (χ4n) is 5.59. The molecule has 0 aromatic carbocycles. The van der Waals surface area contributed by atoms with Gasteiger partial charge in [-0.1, -0.05) is 19.3 Å². The van der Waals surface area contributed by atoms with Crippen molar-refractivity contribution in [2.75, 3.05) is 26.2 Å². The number of hydrogen-bond acceptors (Lipinski definition) is 5. The standard InChI is InChI=1S/C22H32N4O3/c27-21-17-9-11-25(16-5-2-1-3-6-16)14-18(17)23-20(24-21)15-8-10-26(13-15)22(28)19-7-4-12-29-19/h15-16,19H,1-14H2,(H,23,24,27). The first-order valence-corrected chi connectivity index (χ1v) is 11.5. The van der Waals surface area contributed by atoms with Crippen LogP contribution in [0.2, 0.25) is 0 Å². The molecule has 3 fully saturated rings. The van der Waals surface area contributed by atoms with Gasteiger partial charge in [-0.25, -0.2) is 4.98 Å². The normalized spacial score (nSPS) is 28.6. The van der Waals surface area contributed by atoms with Crippen molar-refractivity contribution in [1.29, 1.82) is 0 Å². The lowest BCUT2D eigenvalue weighted by Crippen LogP contribution is -2.42. The first-order chi connectivity index (χ1) is 14.2. The van der Waals surface area contributed by atoms with Crippen LogP contribution in [-0.4, -0.2) is 64.1 Å². The lowest BCUT2D eigenvalue weighted by Gasteiger charge is -2.37. The number of amides is 1. The monoisotopic (exact) mass is 400 g/mol. The van der Waals surface area contributed by atoms with Crippen molar-refractivity contribution < 1.29 is 9.53 Å². The Morgan fingerprint density at radius 2 is 1.93 bits per heavy atom. The van der Waals surface area contributed by atoms with Gasteiger partial charge < -0.3 is 14.6 Å². The Balaban J connectivity index is 1.30. The maximum absolute atomic E-state index is 12.7. The van der Waals surface area contributed by atoms with E-state index in [-0.39, 0.29) is 23.5 Å². The molecular formula is C22H32N4O3. The molecule has 1 amide bonds. The highest BCUT2D eigenvalue weighted by Crippen LogP contribution is 2.29. The molecule has 1 aromatic rings. The minimum absolute atomic E-state index is 0.0252. The van der Waals surface area contributed by atoms with Crippen molar-refractivity contribution in [2.45, 2.75) is 82.4 Å². The van der Waals surface area contributed by atoms with Crippen LogP contribution in [0.3, 0.4) is 0 Å². The minimum Gasteiger partial charge on any atom is -0.368 e. The van der Waals surface area contributed by atoms with E-state index in [0.29, 0.717) is 19.2 Å². The van der Waals surface area contributed by atoms with Crippen LogP contribution >= 0.6 is 0 Å². The molecule has 0 bridgehead atoms. The Bertz CT molecular complexity index is 811. The van der Waals surface area contributed by atoms with Gasteiger partial charge in [0.25, 0.3) is 11.5 Å². The molecule has 1 saturated carbocycles. The fourth-order valence-corrected chi connectivity index (χ4v) is 5.59. The van der Waals surface area contributed by atoms with E-state index < -0.39 is 0 Å². The first kappa shape index (κ1) is 19.2. The van der Waals surface area contributed by atoms with Crippen molar-refractivity contribution in [3.8, 4) is 0 Å². The van der Waals surface area contributed by atoms with E-state index in [1.165, 1.54) is 32.1 Å². The molecule has 2 unspecified atom stereocenters. The summed E-state index contributed by atoms with van der Waals surface area (Å²) in [6.07, 6.45) is 9.70. The van der Waals surface area contributed by atoms with E-state index in [1.807, 2.05) is 4.90 Å². The molecule has 2 atom stereocenters. The maximum atomic E-state index is 12.7. The Kier molecular flexibility index (Phi) is 5.43. The molecule has 29 heavy (non-hydrogen) atoms. The summed E-state index contributed by atoms with van der Waals surface area (Å²) >= 11 is 0. The minimum atomic E-state index is -0.270. The highest BCUT2D eigenvalue weighted by Gasteiger charge is 2.35. The van der Waals surface area contributed by atoms with Crippen molar-refractivity contribution >= 4 is 5.91 Å². The van der Waals surface area contributed by atoms with Crippen molar-refractivity contribution in [2.24, 2.45) is 0 Å². The average Bonchev–Trinajstić information content (AvgIpc) is 3.46. The van der Waals surface area contributed by atoms with E-state index in [0.717, 1.165) is 62.4 Å². The fraction of sp³-hybridized carbons (Fsp3) is 0.773. The number of carbonyl (C=O) groups excluding carboxylic acids is 1. The van der Waals surface area contributed by atoms with Crippen LogP contribution in [0.4, 0.5) is 0 Å². The van der Waals surface area contributed by atoms with Crippen LogP contribution in [0.5, 0.6) is 0 Å². The molecule has 7 nitrogen and oxygen atoms in total. The number of aromatic amines is 1. The number of rotatable bonds is 3. The van der Waals surface area contributed by atoms with Crippen molar-refractivity contribution in [3.63, 3.8) is 0 Å². The Morgan fingerprint density at radius 1 is 1.07 bits per heavy atom. The average molecular weight is 401 g/mol.